The highest BCUT2D eigenvalue weighted by Crippen LogP contribution is 2.27. The lowest BCUT2D eigenvalue weighted by Crippen LogP contribution is -2.45. The van der Waals surface area contributed by atoms with Gasteiger partial charge < -0.3 is 20.6 Å². The average Bonchev–Trinajstić information content (AvgIpc) is 3.07. The second-order valence-electron chi connectivity index (χ2n) is 6.76. The van der Waals surface area contributed by atoms with Crippen LogP contribution in [0, 0.1) is 12.8 Å². The number of benzene rings is 1. The van der Waals surface area contributed by atoms with Gasteiger partial charge in [-0.05, 0) is 32.1 Å². The maximum atomic E-state index is 10.1. The molecule has 1 fully saturated rings. The van der Waals surface area contributed by atoms with E-state index in [1.54, 1.807) is 11.2 Å². The number of nitrogens with one attached hydrogen (secondary N) is 1. The summed E-state index contributed by atoms with van der Waals surface area (Å²) in [5, 5.41) is 8.31. The van der Waals surface area contributed by atoms with Gasteiger partial charge in [-0.3, -0.25) is 4.79 Å². The highest BCUT2D eigenvalue weighted by molar-refractivity contribution is 5.58. The summed E-state index contributed by atoms with van der Waals surface area (Å²) < 4.78 is 4.97. The van der Waals surface area contributed by atoms with Crippen LogP contribution in [-0.2, 0) is 4.79 Å². The number of carbonyl (C=O) groups excluding carboxylic acids is 1. The molecule has 1 saturated carbocycles. The van der Waals surface area contributed by atoms with Gasteiger partial charge in [-0.25, -0.2) is 5.84 Å². The van der Waals surface area contributed by atoms with Crippen LogP contribution in [0.15, 0.2) is 52.8 Å². The van der Waals surface area contributed by atoms with Gasteiger partial charge in [0.25, 0.3) is 0 Å². The van der Waals surface area contributed by atoms with Crippen molar-refractivity contribution in [2.24, 2.45) is 17.5 Å². The highest BCUT2D eigenvalue weighted by atomic mass is 16.5. The number of allylic oxidation sites excluding steroid dienone is 1. The van der Waals surface area contributed by atoms with Crippen molar-refractivity contribution >= 4 is 6.41 Å². The largest absolute Gasteiger partial charge is 0.401 e. The van der Waals surface area contributed by atoms with E-state index >= 15 is 0 Å². The fraction of sp³-hybridized carbons (Fsp3) is 0.400. The summed E-state index contributed by atoms with van der Waals surface area (Å²) in [5.74, 6) is 7.17. The fourth-order valence-corrected chi connectivity index (χ4v) is 2.88. The lowest BCUT2D eigenvalue weighted by molar-refractivity contribution is -0.110. The monoisotopic (exact) mass is 371 g/mol. The Morgan fingerprint density at radius 1 is 1.37 bits per heavy atom. The predicted molar refractivity (Wildman–Crippen MR) is 106 cm³/mol. The van der Waals surface area contributed by atoms with E-state index in [2.05, 4.69) is 10.5 Å². The van der Waals surface area contributed by atoms with Gasteiger partial charge in [0.15, 0.2) is 0 Å². The molecule has 1 aromatic heterocycles. The number of hydrogen-bond acceptors (Lipinski definition) is 6. The smallest absolute Gasteiger partial charge is 0.207 e. The molecule has 1 heterocycles. The van der Waals surface area contributed by atoms with Crippen LogP contribution < -0.4 is 16.9 Å². The minimum Gasteiger partial charge on any atom is -0.401 e. The molecule has 0 aliphatic heterocycles. The van der Waals surface area contributed by atoms with Gasteiger partial charge in [-0.2, -0.15) is 0 Å². The molecule has 0 saturated heterocycles. The van der Waals surface area contributed by atoms with Crippen LogP contribution in [0.3, 0.4) is 0 Å². The third kappa shape index (κ3) is 6.79. The van der Waals surface area contributed by atoms with E-state index < -0.39 is 0 Å². The van der Waals surface area contributed by atoms with E-state index in [4.69, 9.17) is 16.1 Å². The Bertz CT molecular complexity index is 723. The lowest BCUT2D eigenvalue weighted by atomic mass is 9.80. The van der Waals surface area contributed by atoms with Crippen molar-refractivity contribution in [1.29, 1.82) is 0 Å². The molecule has 146 valence electrons. The molecule has 1 aromatic carbocycles. The molecule has 7 heteroatoms. The molecular formula is C20H29N5O2. The van der Waals surface area contributed by atoms with E-state index in [1.807, 2.05) is 50.2 Å². The number of hydrazine groups is 1. The first kappa shape index (κ1) is 20.5. The van der Waals surface area contributed by atoms with Gasteiger partial charge in [-0.1, -0.05) is 42.4 Å². The summed E-state index contributed by atoms with van der Waals surface area (Å²) >= 11 is 0. The molecule has 0 atom stereocenters. The molecule has 0 bridgehead atoms. The molecule has 27 heavy (non-hydrogen) atoms. The Hall–Kier alpha value is -2.80. The van der Waals surface area contributed by atoms with Gasteiger partial charge in [0.1, 0.15) is 11.5 Å². The van der Waals surface area contributed by atoms with E-state index in [-0.39, 0.29) is 0 Å². The van der Waals surface area contributed by atoms with Crippen molar-refractivity contribution in [3.63, 3.8) is 0 Å². The minimum absolute atomic E-state index is 0.341. The minimum atomic E-state index is 0.341. The first-order valence-electron chi connectivity index (χ1n) is 9.17. The van der Waals surface area contributed by atoms with E-state index in [0.717, 1.165) is 54.9 Å². The SMILES string of the molecule is CC/C(N)=C/N(N)CC1CC(NC=O)C1.Cc1cc(-c2ccccc2)no1. The number of hydrogen-bond donors (Lipinski definition) is 3. The zero-order valence-corrected chi connectivity index (χ0v) is 16.0. The maximum absolute atomic E-state index is 10.1. The zero-order valence-electron chi connectivity index (χ0n) is 16.0. The summed E-state index contributed by atoms with van der Waals surface area (Å²) in [6.45, 7) is 4.68. The summed E-state index contributed by atoms with van der Waals surface area (Å²) in [4.78, 5) is 10.1. The first-order chi connectivity index (χ1) is 13.0. The standard InChI is InChI=1S/C10H20N4O.C10H9NO/c1-2-9(11)6-14(12)5-8-3-10(4-8)13-7-15;1-8-7-10(11-12-8)9-5-3-2-4-6-9/h6-8,10H,2-5,11-12H2,1H3,(H,13,15);2-7H,1H3/b9-6-;. The molecule has 0 radical (unpaired) electrons. The second-order valence-corrected chi connectivity index (χ2v) is 6.76. The van der Waals surface area contributed by atoms with Crippen LogP contribution in [-0.4, -0.2) is 29.2 Å². The van der Waals surface area contributed by atoms with E-state index in [0.29, 0.717) is 12.0 Å². The van der Waals surface area contributed by atoms with Crippen molar-refractivity contribution in [2.75, 3.05) is 6.54 Å². The van der Waals surface area contributed by atoms with Crippen LogP contribution in [0.5, 0.6) is 0 Å². The Labute approximate surface area is 160 Å². The van der Waals surface area contributed by atoms with Gasteiger partial charge in [0, 0.05) is 36.1 Å². The molecular weight excluding hydrogens is 342 g/mol. The first-order valence-corrected chi connectivity index (χ1v) is 9.17. The average molecular weight is 371 g/mol. The Kier molecular flexibility index (Phi) is 7.88. The maximum Gasteiger partial charge on any atom is 0.207 e. The number of nitrogens with zero attached hydrogens (tertiary/aromatic N) is 2. The highest BCUT2D eigenvalue weighted by Gasteiger charge is 2.29. The summed E-state index contributed by atoms with van der Waals surface area (Å²) in [5.41, 5.74) is 8.44. The molecule has 0 spiro atoms. The number of carbonyl (C=O) groups is 1. The molecule has 1 aliphatic rings. The number of aromatic nitrogens is 1. The molecule has 2 aromatic rings. The molecule has 3 rings (SSSR count). The van der Waals surface area contributed by atoms with Crippen molar-refractivity contribution in [3.05, 3.63) is 54.1 Å². The van der Waals surface area contributed by atoms with Crippen molar-refractivity contribution in [3.8, 4) is 11.3 Å². The van der Waals surface area contributed by atoms with E-state index in [1.165, 1.54) is 0 Å². The normalized spacial score (nSPS) is 18.7. The van der Waals surface area contributed by atoms with Crippen molar-refractivity contribution in [2.45, 2.75) is 39.2 Å². The molecule has 0 unspecified atom stereocenters. The van der Waals surface area contributed by atoms with Gasteiger partial charge in [-0.15, -0.1) is 0 Å². The molecule has 7 nitrogen and oxygen atoms in total. The van der Waals surface area contributed by atoms with Crippen molar-refractivity contribution in [1.82, 2.24) is 15.5 Å². The zero-order chi connectivity index (χ0) is 19.6. The van der Waals surface area contributed by atoms with Gasteiger partial charge in [0.05, 0.1) is 0 Å². The Morgan fingerprint density at radius 3 is 2.63 bits per heavy atom. The molecule has 1 aliphatic carbocycles. The lowest BCUT2D eigenvalue weighted by Gasteiger charge is -2.36. The van der Waals surface area contributed by atoms with Crippen LogP contribution in [0.1, 0.15) is 31.9 Å². The molecule has 1 amide bonds. The summed E-state index contributed by atoms with van der Waals surface area (Å²) in [7, 11) is 0. The predicted octanol–water partition coefficient (Wildman–Crippen LogP) is 2.55. The fourth-order valence-electron chi connectivity index (χ4n) is 2.88. The van der Waals surface area contributed by atoms with Crippen LogP contribution in [0.25, 0.3) is 11.3 Å². The second kappa shape index (κ2) is 10.4. The number of nitrogens with two attached hydrogens (primary N) is 2. The van der Waals surface area contributed by atoms with E-state index in [9.17, 15) is 4.79 Å². The Balaban J connectivity index is 0.000000198. The quantitative estimate of drug-likeness (QED) is 0.392. The Morgan fingerprint density at radius 2 is 2.07 bits per heavy atom. The third-order valence-electron chi connectivity index (χ3n) is 4.45. The summed E-state index contributed by atoms with van der Waals surface area (Å²) in [6.07, 6.45) is 5.36. The molecule has 5 N–H and O–H groups in total. The topological polar surface area (TPSA) is 110 Å². The van der Waals surface area contributed by atoms with Crippen LogP contribution in [0.4, 0.5) is 0 Å². The van der Waals surface area contributed by atoms with Gasteiger partial charge >= 0.3 is 0 Å². The van der Waals surface area contributed by atoms with Crippen LogP contribution in [0.2, 0.25) is 0 Å². The third-order valence-corrected chi connectivity index (χ3v) is 4.45. The number of rotatable bonds is 7. The number of aryl methyl sites for hydroxylation is 1. The summed E-state index contributed by atoms with van der Waals surface area (Å²) in [6, 6.07) is 12.2. The number of amides is 1. The van der Waals surface area contributed by atoms with Crippen molar-refractivity contribution < 1.29 is 9.32 Å². The van der Waals surface area contributed by atoms with Crippen LogP contribution >= 0.6 is 0 Å². The van der Waals surface area contributed by atoms with Gasteiger partial charge in [0.2, 0.25) is 6.41 Å².